The van der Waals surface area contributed by atoms with Crippen molar-refractivity contribution in [2.75, 3.05) is 31.6 Å². The first-order chi connectivity index (χ1) is 9.83. The topological polar surface area (TPSA) is 24.5 Å². The zero-order valence-corrected chi connectivity index (χ0v) is 12.5. The van der Waals surface area contributed by atoms with Crippen molar-refractivity contribution in [3.05, 3.63) is 29.3 Å². The van der Waals surface area contributed by atoms with Gasteiger partial charge < -0.3 is 15.0 Å². The summed E-state index contributed by atoms with van der Waals surface area (Å²) < 4.78 is 5.75. The van der Waals surface area contributed by atoms with Crippen LogP contribution in [0.2, 0.25) is 0 Å². The van der Waals surface area contributed by atoms with E-state index in [0.29, 0.717) is 6.10 Å². The number of ether oxygens (including phenoxy) is 1. The molecule has 1 fully saturated rings. The number of nitrogens with one attached hydrogen (secondary N) is 1. The first-order valence-corrected chi connectivity index (χ1v) is 7.98. The molecule has 1 atom stereocenters. The Morgan fingerprint density at radius 3 is 3.10 bits per heavy atom. The number of hydrogen-bond acceptors (Lipinski definition) is 3. The molecule has 3 nitrogen and oxygen atoms in total. The van der Waals surface area contributed by atoms with Crippen molar-refractivity contribution in [1.29, 1.82) is 0 Å². The highest BCUT2D eigenvalue weighted by Crippen LogP contribution is 2.26. The van der Waals surface area contributed by atoms with Gasteiger partial charge in [0.2, 0.25) is 0 Å². The number of fused-ring (bicyclic) bond motifs is 1. The van der Waals surface area contributed by atoms with E-state index in [2.05, 4.69) is 35.5 Å². The standard InChI is InChI=1S/C17H26N2O/c1-19-9-4-5-15-11-14(7-8-17(15)19)12-18-13-16-6-2-3-10-20-16/h7-8,11,16,18H,2-6,9-10,12-13H2,1H3. The number of aryl methyl sites for hydroxylation is 1. The summed E-state index contributed by atoms with van der Waals surface area (Å²) in [5, 5.41) is 3.55. The molecular weight excluding hydrogens is 248 g/mol. The van der Waals surface area contributed by atoms with Crippen LogP contribution in [0.4, 0.5) is 5.69 Å². The van der Waals surface area contributed by atoms with Crippen LogP contribution >= 0.6 is 0 Å². The Morgan fingerprint density at radius 1 is 1.30 bits per heavy atom. The van der Waals surface area contributed by atoms with Gasteiger partial charge in [0.25, 0.3) is 0 Å². The summed E-state index contributed by atoms with van der Waals surface area (Å²) in [6.45, 7) is 4.06. The van der Waals surface area contributed by atoms with Gasteiger partial charge >= 0.3 is 0 Å². The molecular formula is C17H26N2O. The van der Waals surface area contributed by atoms with E-state index in [1.807, 2.05) is 0 Å². The minimum Gasteiger partial charge on any atom is -0.377 e. The first kappa shape index (κ1) is 13.9. The van der Waals surface area contributed by atoms with Crippen LogP contribution in [-0.2, 0) is 17.7 Å². The second kappa shape index (κ2) is 6.59. The third kappa shape index (κ3) is 3.33. The molecule has 110 valence electrons. The molecule has 3 heteroatoms. The maximum absolute atomic E-state index is 5.75. The SMILES string of the molecule is CN1CCCc2cc(CNCC3CCCCO3)ccc21. The summed E-state index contributed by atoms with van der Waals surface area (Å²) in [4.78, 5) is 2.37. The van der Waals surface area contributed by atoms with Crippen molar-refractivity contribution in [3.63, 3.8) is 0 Å². The van der Waals surface area contributed by atoms with Crippen LogP contribution in [0.1, 0.15) is 36.8 Å². The van der Waals surface area contributed by atoms with Gasteiger partial charge in [-0.3, -0.25) is 0 Å². The van der Waals surface area contributed by atoms with Crippen LogP contribution in [0.25, 0.3) is 0 Å². The molecule has 1 aromatic carbocycles. The molecule has 3 rings (SSSR count). The molecule has 0 spiro atoms. The highest BCUT2D eigenvalue weighted by atomic mass is 16.5. The summed E-state index contributed by atoms with van der Waals surface area (Å²) >= 11 is 0. The normalized spacial score (nSPS) is 22.6. The van der Waals surface area contributed by atoms with E-state index in [9.17, 15) is 0 Å². The van der Waals surface area contributed by atoms with Crippen molar-refractivity contribution in [2.24, 2.45) is 0 Å². The molecule has 2 heterocycles. The van der Waals surface area contributed by atoms with E-state index < -0.39 is 0 Å². The zero-order valence-electron chi connectivity index (χ0n) is 12.5. The number of benzene rings is 1. The lowest BCUT2D eigenvalue weighted by atomic mass is 9.99. The van der Waals surface area contributed by atoms with Crippen molar-refractivity contribution >= 4 is 5.69 Å². The molecule has 0 aromatic heterocycles. The Bertz CT molecular complexity index is 441. The molecule has 0 saturated carbocycles. The molecule has 20 heavy (non-hydrogen) atoms. The Labute approximate surface area is 122 Å². The van der Waals surface area contributed by atoms with E-state index in [4.69, 9.17) is 4.74 Å². The molecule has 0 aliphatic carbocycles. The van der Waals surface area contributed by atoms with E-state index in [0.717, 1.165) is 19.7 Å². The largest absolute Gasteiger partial charge is 0.377 e. The van der Waals surface area contributed by atoms with Crippen LogP contribution in [0.5, 0.6) is 0 Å². The van der Waals surface area contributed by atoms with Crippen LogP contribution in [-0.4, -0.2) is 32.8 Å². The van der Waals surface area contributed by atoms with E-state index in [1.54, 1.807) is 0 Å². The van der Waals surface area contributed by atoms with Gasteiger partial charge in [-0.2, -0.15) is 0 Å². The molecule has 0 amide bonds. The van der Waals surface area contributed by atoms with Crippen LogP contribution in [0.3, 0.4) is 0 Å². The minimum absolute atomic E-state index is 0.424. The van der Waals surface area contributed by atoms with Crippen LogP contribution < -0.4 is 10.2 Å². The molecule has 1 unspecified atom stereocenters. The van der Waals surface area contributed by atoms with Crippen LogP contribution in [0, 0.1) is 0 Å². The fraction of sp³-hybridized carbons (Fsp3) is 0.647. The van der Waals surface area contributed by atoms with Gasteiger partial charge in [0.1, 0.15) is 0 Å². The Kier molecular flexibility index (Phi) is 4.58. The molecule has 0 radical (unpaired) electrons. The van der Waals surface area contributed by atoms with Gasteiger partial charge in [-0.25, -0.2) is 0 Å². The van der Waals surface area contributed by atoms with Gasteiger partial charge in [-0.1, -0.05) is 12.1 Å². The fourth-order valence-electron chi connectivity index (χ4n) is 3.29. The fourth-order valence-corrected chi connectivity index (χ4v) is 3.29. The number of rotatable bonds is 4. The van der Waals surface area contributed by atoms with Crippen molar-refractivity contribution in [1.82, 2.24) is 5.32 Å². The smallest absolute Gasteiger partial charge is 0.0699 e. The lowest BCUT2D eigenvalue weighted by Gasteiger charge is -2.28. The lowest BCUT2D eigenvalue weighted by molar-refractivity contribution is 0.0168. The average Bonchev–Trinajstić information content (AvgIpc) is 2.48. The summed E-state index contributed by atoms with van der Waals surface area (Å²) in [5.41, 5.74) is 4.32. The summed E-state index contributed by atoms with van der Waals surface area (Å²) in [5.74, 6) is 0. The monoisotopic (exact) mass is 274 g/mol. The molecule has 2 aliphatic heterocycles. The molecule has 1 N–H and O–H groups in total. The van der Waals surface area contributed by atoms with Gasteiger partial charge in [0.15, 0.2) is 0 Å². The second-order valence-corrected chi connectivity index (χ2v) is 6.11. The van der Waals surface area contributed by atoms with E-state index in [1.165, 1.54) is 55.5 Å². The molecule has 1 saturated heterocycles. The van der Waals surface area contributed by atoms with Gasteiger partial charge in [0, 0.05) is 39.0 Å². The van der Waals surface area contributed by atoms with Gasteiger partial charge in [0.05, 0.1) is 6.10 Å². The number of anilines is 1. The summed E-state index contributed by atoms with van der Waals surface area (Å²) in [6.07, 6.45) is 6.68. The van der Waals surface area contributed by atoms with E-state index in [-0.39, 0.29) is 0 Å². The Morgan fingerprint density at radius 2 is 2.25 bits per heavy atom. The summed E-state index contributed by atoms with van der Waals surface area (Å²) in [7, 11) is 2.19. The molecule has 2 aliphatic rings. The molecule has 1 aromatic rings. The average molecular weight is 274 g/mol. The number of nitrogens with zero attached hydrogens (tertiary/aromatic N) is 1. The minimum atomic E-state index is 0.424. The highest BCUT2D eigenvalue weighted by Gasteiger charge is 2.15. The van der Waals surface area contributed by atoms with Crippen LogP contribution in [0.15, 0.2) is 18.2 Å². The Balaban J connectivity index is 1.52. The highest BCUT2D eigenvalue weighted by molar-refractivity contribution is 5.56. The second-order valence-electron chi connectivity index (χ2n) is 6.11. The quantitative estimate of drug-likeness (QED) is 0.913. The third-order valence-corrected chi connectivity index (χ3v) is 4.47. The maximum Gasteiger partial charge on any atom is 0.0699 e. The zero-order chi connectivity index (χ0) is 13.8. The first-order valence-electron chi connectivity index (χ1n) is 7.98. The molecule has 0 bridgehead atoms. The van der Waals surface area contributed by atoms with Gasteiger partial charge in [-0.15, -0.1) is 0 Å². The maximum atomic E-state index is 5.75. The third-order valence-electron chi connectivity index (χ3n) is 4.47. The van der Waals surface area contributed by atoms with Gasteiger partial charge in [-0.05, 0) is 49.3 Å². The number of hydrogen-bond donors (Lipinski definition) is 1. The summed E-state index contributed by atoms with van der Waals surface area (Å²) in [6, 6.07) is 6.91. The van der Waals surface area contributed by atoms with E-state index >= 15 is 0 Å². The Hall–Kier alpha value is -1.06. The van der Waals surface area contributed by atoms with Crippen molar-refractivity contribution in [3.8, 4) is 0 Å². The lowest BCUT2D eigenvalue weighted by Crippen LogP contribution is -2.31. The van der Waals surface area contributed by atoms with Crippen molar-refractivity contribution < 1.29 is 4.74 Å². The predicted molar refractivity (Wildman–Crippen MR) is 83.3 cm³/mol. The van der Waals surface area contributed by atoms with Crippen molar-refractivity contribution in [2.45, 2.75) is 44.8 Å². The predicted octanol–water partition coefficient (Wildman–Crippen LogP) is 2.73.